The van der Waals surface area contributed by atoms with Crippen molar-refractivity contribution < 1.29 is 24.4 Å². The highest BCUT2D eigenvalue weighted by atomic mass is 16.6. The molecule has 5 aliphatic carbocycles. The summed E-state index contributed by atoms with van der Waals surface area (Å²) in [6.45, 7) is 4.48. The third-order valence-electron chi connectivity index (χ3n) is 12.1. The summed E-state index contributed by atoms with van der Waals surface area (Å²) < 4.78 is 19.0. The fraction of sp³-hybridized carbons (Fsp3) is 0.625. The van der Waals surface area contributed by atoms with Gasteiger partial charge in [0.2, 0.25) is 0 Å². The lowest BCUT2D eigenvalue weighted by Gasteiger charge is -2.76. The van der Waals surface area contributed by atoms with Gasteiger partial charge in [-0.3, -0.25) is 4.90 Å². The number of hydrogen-bond acceptors (Lipinski definition) is 6. The number of phenolic OH excluding ortho intramolecular Hbond substituents is 1. The summed E-state index contributed by atoms with van der Waals surface area (Å²) in [6.07, 6.45) is 6.53. The standard InChI is InChI=1S/C32H39NO5/c1-29(27(35)20-6-9-22(36-2)10-7-20)18-30-12-13-32(29,37-3)28-31(30)14-15-33(17-19-4-5-19)24(30)16-21-8-11-23(34)26(38-28)25(21)31/h6-11,19,24,27-28,34-35H,4-5,12-18H2,1-3H3/t24-,27?,28-,29-,30-,31+,32+/m1/s1. The number of methoxy groups -OCH3 is 2. The van der Waals surface area contributed by atoms with Crippen LogP contribution in [0.3, 0.4) is 0 Å². The number of ether oxygens (including phenoxy) is 3. The third kappa shape index (κ3) is 2.52. The smallest absolute Gasteiger partial charge is 0.165 e. The van der Waals surface area contributed by atoms with E-state index < -0.39 is 17.1 Å². The number of aliphatic hydroxyl groups excluding tert-OH is 1. The number of hydrogen-bond donors (Lipinski definition) is 2. The van der Waals surface area contributed by atoms with Crippen molar-refractivity contribution in [3.63, 3.8) is 0 Å². The number of likely N-dealkylation sites (tertiary alicyclic amines) is 1. The average Bonchev–Trinajstić information content (AvgIpc) is 3.68. The van der Waals surface area contributed by atoms with Crippen LogP contribution in [0.4, 0.5) is 0 Å². The molecule has 2 heterocycles. The molecule has 202 valence electrons. The predicted octanol–water partition coefficient (Wildman–Crippen LogP) is 4.75. The number of piperidine rings is 1. The molecular formula is C32H39NO5. The van der Waals surface area contributed by atoms with Crippen molar-refractivity contribution in [2.45, 2.75) is 81.1 Å². The zero-order valence-electron chi connectivity index (χ0n) is 22.7. The van der Waals surface area contributed by atoms with Crippen molar-refractivity contribution in [2.24, 2.45) is 16.7 Å². The summed E-state index contributed by atoms with van der Waals surface area (Å²) in [4.78, 5) is 2.80. The van der Waals surface area contributed by atoms with Gasteiger partial charge in [0, 0.05) is 41.5 Å². The lowest BCUT2D eigenvalue weighted by atomic mass is 9.31. The number of aromatic hydroxyl groups is 1. The molecule has 0 radical (unpaired) electrons. The second-order valence-electron chi connectivity index (χ2n) is 13.3. The zero-order chi connectivity index (χ0) is 26.1. The van der Waals surface area contributed by atoms with Crippen LogP contribution in [0.2, 0.25) is 0 Å². The van der Waals surface area contributed by atoms with Crippen LogP contribution in [0, 0.1) is 16.7 Å². The molecule has 6 heteroatoms. The van der Waals surface area contributed by atoms with Crippen LogP contribution in [0.5, 0.6) is 17.2 Å². The van der Waals surface area contributed by atoms with Gasteiger partial charge in [0.15, 0.2) is 11.5 Å². The Bertz CT molecular complexity index is 1310. The minimum Gasteiger partial charge on any atom is -0.504 e. The zero-order valence-corrected chi connectivity index (χ0v) is 22.7. The van der Waals surface area contributed by atoms with Crippen LogP contribution >= 0.6 is 0 Å². The van der Waals surface area contributed by atoms with Crippen LogP contribution in [-0.4, -0.2) is 60.2 Å². The molecule has 38 heavy (non-hydrogen) atoms. The summed E-state index contributed by atoms with van der Waals surface area (Å²) in [5, 5.41) is 23.3. The normalized spacial score (nSPS) is 40.9. The maximum absolute atomic E-state index is 12.2. The molecule has 0 amide bonds. The van der Waals surface area contributed by atoms with Crippen LogP contribution < -0.4 is 9.47 Å². The molecular weight excluding hydrogens is 478 g/mol. The molecule has 7 atom stereocenters. The number of phenols is 1. The minimum atomic E-state index is -0.720. The Labute approximate surface area is 224 Å². The lowest BCUT2D eigenvalue weighted by Crippen LogP contribution is -2.83. The average molecular weight is 518 g/mol. The molecule has 0 aromatic heterocycles. The second kappa shape index (κ2) is 7.47. The molecule has 2 N–H and O–H groups in total. The van der Waals surface area contributed by atoms with Crippen LogP contribution in [0.1, 0.15) is 68.2 Å². The topological polar surface area (TPSA) is 71.4 Å². The number of rotatable bonds is 6. The number of fused-ring (bicyclic) bond motifs is 2. The monoisotopic (exact) mass is 517 g/mol. The quantitative estimate of drug-likeness (QED) is 0.576. The third-order valence-corrected chi connectivity index (χ3v) is 12.1. The van der Waals surface area contributed by atoms with Crippen molar-refractivity contribution in [2.75, 3.05) is 27.3 Å². The largest absolute Gasteiger partial charge is 0.504 e. The first-order valence-corrected chi connectivity index (χ1v) is 14.5. The Hall–Kier alpha value is -2.28. The van der Waals surface area contributed by atoms with E-state index in [2.05, 4.69) is 17.9 Å². The SMILES string of the molecule is COc1ccc(C(O)[C@@]2(C)C[C@@]34CC[C@]2(OC)[C@@H]2Oc5c(O)ccc6c5[C@@]23CCN(CC2CC2)[C@@H]4C6)cc1. The predicted molar refractivity (Wildman–Crippen MR) is 143 cm³/mol. The summed E-state index contributed by atoms with van der Waals surface area (Å²) in [5.74, 6) is 2.53. The van der Waals surface area contributed by atoms with Gasteiger partial charge in [0.1, 0.15) is 17.5 Å². The molecule has 7 aliphatic rings. The van der Waals surface area contributed by atoms with E-state index in [0.717, 1.165) is 55.9 Å². The second-order valence-corrected chi connectivity index (χ2v) is 13.3. The van der Waals surface area contributed by atoms with E-state index in [1.165, 1.54) is 30.5 Å². The van der Waals surface area contributed by atoms with Gasteiger partial charge in [-0.1, -0.05) is 25.1 Å². The highest BCUT2D eigenvalue weighted by Gasteiger charge is 2.84. The first kappa shape index (κ1) is 23.6. The van der Waals surface area contributed by atoms with E-state index in [9.17, 15) is 10.2 Å². The van der Waals surface area contributed by atoms with Gasteiger partial charge < -0.3 is 24.4 Å². The highest BCUT2D eigenvalue weighted by molar-refractivity contribution is 5.63. The van der Waals surface area contributed by atoms with Crippen molar-refractivity contribution in [1.29, 1.82) is 0 Å². The fourth-order valence-electron chi connectivity index (χ4n) is 10.4. The van der Waals surface area contributed by atoms with E-state index >= 15 is 0 Å². The molecule has 4 saturated carbocycles. The Balaban J connectivity index is 1.33. The first-order chi connectivity index (χ1) is 18.3. The first-order valence-electron chi connectivity index (χ1n) is 14.5. The van der Waals surface area contributed by atoms with Crippen LogP contribution in [0.15, 0.2) is 36.4 Å². The highest BCUT2D eigenvalue weighted by Crippen LogP contribution is 2.80. The Morgan fingerprint density at radius 2 is 1.87 bits per heavy atom. The van der Waals surface area contributed by atoms with E-state index in [0.29, 0.717) is 11.8 Å². The molecule has 2 aromatic rings. The van der Waals surface area contributed by atoms with Crippen molar-refractivity contribution in [1.82, 2.24) is 4.90 Å². The van der Waals surface area contributed by atoms with Crippen LogP contribution in [-0.2, 0) is 16.6 Å². The molecule has 6 nitrogen and oxygen atoms in total. The molecule has 2 spiro atoms. The minimum absolute atomic E-state index is 0.0423. The number of aliphatic hydroxyl groups is 1. The van der Waals surface area contributed by atoms with E-state index in [1.807, 2.05) is 37.4 Å². The van der Waals surface area contributed by atoms with E-state index in [-0.39, 0.29) is 22.7 Å². The van der Waals surface area contributed by atoms with E-state index in [1.54, 1.807) is 7.11 Å². The Kier molecular flexibility index (Phi) is 4.64. The maximum Gasteiger partial charge on any atom is 0.165 e. The van der Waals surface area contributed by atoms with Gasteiger partial charge in [0.25, 0.3) is 0 Å². The molecule has 9 rings (SSSR count). The molecule has 4 bridgehead atoms. The van der Waals surface area contributed by atoms with Crippen molar-refractivity contribution in [3.8, 4) is 17.2 Å². The molecule has 5 fully saturated rings. The van der Waals surface area contributed by atoms with Gasteiger partial charge in [-0.05, 0) is 86.7 Å². The molecule has 1 saturated heterocycles. The van der Waals surface area contributed by atoms with Crippen molar-refractivity contribution >= 4 is 0 Å². The summed E-state index contributed by atoms with van der Waals surface area (Å²) in [6, 6.07) is 12.2. The summed E-state index contributed by atoms with van der Waals surface area (Å²) in [7, 11) is 3.48. The van der Waals surface area contributed by atoms with Gasteiger partial charge >= 0.3 is 0 Å². The fourth-order valence-corrected chi connectivity index (χ4v) is 10.4. The van der Waals surface area contributed by atoms with Crippen LogP contribution in [0.25, 0.3) is 0 Å². The molecule has 2 aliphatic heterocycles. The maximum atomic E-state index is 12.2. The van der Waals surface area contributed by atoms with Crippen molar-refractivity contribution in [3.05, 3.63) is 53.1 Å². The van der Waals surface area contributed by atoms with Gasteiger partial charge in [-0.25, -0.2) is 0 Å². The summed E-state index contributed by atoms with van der Waals surface area (Å²) in [5.41, 5.74) is 1.99. The molecule has 2 aromatic carbocycles. The van der Waals surface area contributed by atoms with Gasteiger partial charge in [-0.15, -0.1) is 0 Å². The lowest BCUT2D eigenvalue weighted by molar-refractivity contribution is -0.324. The number of benzene rings is 2. The van der Waals surface area contributed by atoms with Gasteiger partial charge in [0.05, 0.1) is 13.2 Å². The summed E-state index contributed by atoms with van der Waals surface area (Å²) >= 11 is 0. The molecule has 1 unspecified atom stereocenters. The number of nitrogens with zero attached hydrogens (tertiary/aromatic N) is 1. The Morgan fingerprint density at radius 1 is 1.08 bits per heavy atom. The van der Waals surface area contributed by atoms with Gasteiger partial charge in [-0.2, -0.15) is 0 Å². The Morgan fingerprint density at radius 3 is 2.58 bits per heavy atom. The van der Waals surface area contributed by atoms with E-state index in [4.69, 9.17) is 14.2 Å².